The minimum Gasteiger partial charge on any atom is -0.341 e. The molecule has 136 valence electrons. The maximum atomic E-state index is 12.7. The number of imidazole rings is 1. The lowest BCUT2D eigenvalue weighted by atomic mass is 10.1. The molecule has 2 heterocycles. The Morgan fingerprint density at radius 2 is 2.00 bits per heavy atom. The topological polar surface area (TPSA) is 86.5 Å². The van der Waals surface area contributed by atoms with E-state index < -0.39 is 0 Å². The first-order valence-corrected chi connectivity index (χ1v) is 9.45. The van der Waals surface area contributed by atoms with Crippen LogP contribution in [0.3, 0.4) is 0 Å². The van der Waals surface area contributed by atoms with Crippen molar-refractivity contribution in [1.82, 2.24) is 25.5 Å². The van der Waals surface area contributed by atoms with Crippen molar-refractivity contribution < 1.29 is 4.79 Å². The zero-order valence-corrected chi connectivity index (χ0v) is 16.6. The molecule has 1 atom stereocenters. The SMILES string of the molecule is CCC(NC(=O)c1n[nH]c(C(C)C)c1Br)c1ncc(-c2ccccc2)[nH]1. The number of amides is 1. The molecule has 0 saturated heterocycles. The zero-order chi connectivity index (χ0) is 18.7. The van der Waals surface area contributed by atoms with Gasteiger partial charge in [-0.25, -0.2) is 4.98 Å². The predicted octanol–water partition coefficient (Wildman–Crippen LogP) is 4.57. The lowest BCUT2D eigenvalue weighted by Crippen LogP contribution is -2.29. The number of carbonyl (C=O) groups is 1. The summed E-state index contributed by atoms with van der Waals surface area (Å²) in [4.78, 5) is 20.4. The van der Waals surface area contributed by atoms with Crippen LogP contribution in [-0.4, -0.2) is 26.1 Å². The van der Waals surface area contributed by atoms with Crippen molar-refractivity contribution in [3.05, 3.63) is 58.2 Å². The Hall–Kier alpha value is -2.41. The second-order valence-electron chi connectivity index (χ2n) is 6.44. The fraction of sp³-hybridized carbons (Fsp3) is 0.316. The van der Waals surface area contributed by atoms with Gasteiger partial charge in [0.15, 0.2) is 5.69 Å². The fourth-order valence-electron chi connectivity index (χ4n) is 2.74. The predicted molar refractivity (Wildman–Crippen MR) is 105 cm³/mol. The van der Waals surface area contributed by atoms with E-state index in [1.165, 1.54) is 0 Å². The van der Waals surface area contributed by atoms with Gasteiger partial charge in [0.1, 0.15) is 5.82 Å². The molecule has 0 spiro atoms. The summed E-state index contributed by atoms with van der Waals surface area (Å²) in [6, 6.07) is 9.76. The fourth-order valence-corrected chi connectivity index (χ4v) is 3.56. The highest BCUT2D eigenvalue weighted by atomic mass is 79.9. The summed E-state index contributed by atoms with van der Waals surface area (Å²) in [7, 11) is 0. The maximum absolute atomic E-state index is 12.7. The number of rotatable bonds is 6. The molecule has 2 aromatic heterocycles. The summed E-state index contributed by atoms with van der Waals surface area (Å²) in [5.74, 6) is 0.749. The van der Waals surface area contributed by atoms with Gasteiger partial charge in [0.25, 0.3) is 5.91 Å². The Morgan fingerprint density at radius 1 is 1.27 bits per heavy atom. The summed E-state index contributed by atoms with van der Waals surface area (Å²) in [5, 5.41) is 10.1. The van der Waals surface area contributed by atoms with Gasteiger partial charge in [-0.05, 0) is 33.8 Å². The Bertz CT molecular complexity index is 884. The van der Waals surface area contributed by atoms with Crippen molar-refractivity contribution in [2.24, 2.45) is 0 Å². The molecule has 3 rings (SSSR count). The summed E-state index contributed by atoms with van der Waals surface area (Å²) in [5.41, 5.74) is 3.26. The van der Waals surface area contributed by atoms with Gasteiger partial charge >= 0.3 is 0 Å². The molecule has 3 aromatic rings. The zero-order valence-electron chi connectivity index (χ0n) is 15.0. The molecule has 0 aliphatic carbocycles. The number of hydrogen-bond donors (Lipinski definition) is 3. The van der Waals surface area contributed by atoms with Crippen LogP contribution in [0.15, 0.2) is 41.0 Å². The van der Waals surface area contributed by atoms with Crippen LogP contribution in [0.1, 0.15) is 61.2 Å². The van der Waals surface area contributed by atoms with E-state index in [9.17, 15) is 4.79 Å². The largest absolute Gasteiger partial charge is 0.341 e. The Balaban J connectivity index is 1.78. The van der Waals surface area contributed by atoms with Gasteiger partial charge in [-0.1, -0.05) is 51.1 Å². The molecule has 26 heavy (non-hydrogen) atoms. The average Bonchev–Trinajstić information content (AvgIpc) is 3.27. The molecule has 7 heteroatoms. The molecular weight excluding hydrogens is 394 g/mol. The number of nitrogens with one attached hydrogen (secondary N) is 3. The third-order valence-corrected chi connectivity index (χ3v) is 5.05. The van der Waals surface area contributed by atoms with E-state index in [2.05, 4.69) is 41.4 Å². The van der Waals surface area contributed by atoms with E-state index >= 15 is 0 Å². The van der Waals surface area contributed by atoms with E-state index in [1.54, 1.807) is 6.20 Å². The van der Waals surface area contributed by atoms with E-state index in [4.69, 9.17) is 0 Å². The number of aromatic nitrogens is 4. The van der Waals surface area contributed by atoms with Crippen molar-refractivity contribution in [2.75, 3.05) is 0 Å². The molecule has 0 fully saturated rings. The van der Waals surface area contributed by atoms with Crippen LogP contribution in [0.5, 0.6) is 0 Å². The average molecular weight is 416 g/mol. The number of carbonyl (C=O) groups excluding carboxylic acids is 1. The quantitative estimate of drug-likeness (QED) is 0.550. The summed E-state index contributed by atoms with van der Waals surface area (Å²) >= 11 is 3.48. The number of hydrogen-bond acceptors (Lipinski definition) is 3. The minimum absolute atomic E-state index is 0.217. The molecule has 1 aromatic carbocycles. The van der Waals surface area contributed by atoms with Gasteiger partial charge in [-0.15, -0.1) is 0 Å². The maximum Gasteiger partial charge on any atom is 0.273 e. The monoisotopic (exact) mass is 415 g/mol. The van der Waals surface area contributed by atoms with E-state index in [0.29, 0.717) is 16.6 Å². The third kappa shape index (κ3) is 3.72. The summed E-state index contributed by atoms with van der Waals surface area (Å²) < 4.78 is 0.712. The van der Waals surface area contributed by atoms with Gasteiger partial charge in [-0.3, -0.25) is 9.89 Å². The first kappa shape index (κ1) is 18.4. The van der Waals surface area contributed by atoms with Crippen LogP contribution in [0, 0.1) is 0 Å². The Labute approximate surface area is 161 Å². The molecule has 0 aliphatic heterocycles. The minimum atomic E-state index is -0.232. The number of H-pyrrole nitrogens is 2. The molecule has 0 bridgehead atoms. The molecular formula is C19H22BrN5O. The van der Waals surface area contributed by atoms with Gasteiger partial charge in [0, 0.05) is 0 Å². The molecule has 0 aliphatic rings. The van der Waals surface area contributed by atoms with Crippen molar-refractivity contribution in [3.63, 3.8) is 0 Å². The van der Waals surface area contributed by atoms with Crippen molar-refractivity contribution >= 4 is 21.8 Å². The van der Waals surface area contributed by atoms with Crippen LogP contribution >= 0.6 is 15.9 Å². The molecule has 1 unspecified atom stereocenters. The van der Waals surface area contributed by atoms with Crippen LogP contribution < -0.4 is 5.32 Å². The van der Waals surface area contributed by atoms with Crippen molar-refractivity contribution in [1.29, 1.82) is 0 Å². The molecule has 1 amide bonds. The van der Waals surface area contributed by atoms with E-state index in [0.717, 1.165) is 22.8 Å². The normalized spacial score (nSPS) is 12.3. The molecule has 0 saturated carbocycles. The standard InChI is InChI=1S/C19H22BrN5O/c1-4-13(18-21-10-14(22-18)12-8-6-5-7-9-12)23-19(26)17-15(20)16(11(2)3)24-25-17/h5-11,13H,4H2,1-3H3,(H,21,22)(H,23,26)(H,24,25). The van der Waals surface area contributed by atoms with Crippen molar-refractivity contribution in [3.8, 4) is 11.3 Å². The Morgan fingerprint density at radius 3 is 2.62 bits per heavy atom. The van der Waals surface area contributed by atoms with Gasteiger partial charge < -0.3 is 10.3 Å². The summed E-state index contributed by atoms with van der Waals surface area (Å²) in [6.45, 7) is 6.10. The van der Waals surface area contributed by atoms with Crippen LogP contribution in [0.2, 0.25) is 0 Å². The highest BCUT2D eigenvalue weighted by Gasteiger charge is 2.23. The highest BCUT2D eigenvalue weighted by molar-refractivity contribution is 9.10. The molecule has 0 radical (unpaired) electrons. The lowest BCUT2D eigenvalue weighted by molar-refractivity contribution is 0.0928. The smallest absolute Gasteiger partial charge is 0.273 e. The first-order chi connectivity index (χ1) is 12.5. The second kappa shape index (κ2) is 7.86. The van der Waals surface area contributed by atoms with Crippen LogP contribution in [-0.2, 0) is 0 Å². The first-order valence-electron chi connectivity index (χ1n) is 8.66. The number of benzene rings is 1. The van der Waals surface area contributed by atoms with Crippen molar-refractivity contribution in [2.45, 2.75) is 39.2 Å². The lowest BCUT2D eigenvalue weighted by Gasteiger charge is -2.14. The van der Waals surface area contributed by atoms with Crippen LogP contribution in [0.25, 0.3) is 11.3 Å². The van der Waals surface area contributed by atoms with Crippen LogP contribution in [0.4, 0.5) is 0 Å². The van der Waals surface area contributed by atoms with Gasteiger partial charge in [0.05, 0.1) is 28.1 Å². The Kier molecular flexibility index (Phi) is 5.56. The molecule has 6 nitrogen and oxygen atoms in total. The van der Waals surface area contributed by atoms with E-state index in [1.807, 2.05) is 51.1 Å². The number of aromatic amines is 2. The number of halogens is 1. The number of nitrogens with zero attached hydrogens (tertiary/aromatic N) is 2. The highest BCUT2D eigenvalue weighted by Crippen LogP contribution is 2.26. The van der Waals surface area contributed by atoms with E-state index in [-0.39, 0.29) is 17.9 Å². The molecule has 3 N–H and O–H groups in total. The second-order valence-corrected chi connectivity index (χ2v) is 7.23. The van der Waals surface area contributed by atoms with Gasteiger partial charge in [0.2, 0.25) is 0 Å². The van der Waals surface area contributed by atoms with Gasteiger partial charge in [-0.2, -0.15) is 5.10 Å². The summed E-state index contributed by atoms with van der Waals surface area (Å²) in [6.07, 6.45) is 2.51. The third-order valence-electron chi connectivity index (χ3n) is 4.25.